The molecule has 3 heteroatoms. The molecule has 3 nitrogen and oxygen atoms in total. The molecule has 2 heterocycles. The predicted octanol–water partition coefficient (Wildman–Crippen LogP) is 8.05. The van der Waals surface area contributed by atoms with Gasteiger partial charge in [0.1, 0.15) is 0 Å². The molecular weight excluding hydrogens is 450 g/mol. The number of nitrogens with zero attached hydrogens (tertiary/aromatic N) is 2. The van der Waals surface area contributed by atoms with Gasteiger partial charge in [-0.3, -0.25) is 4.57 Å². The molecule has 1 aliphatic heterocycles. The zero-order valence-electron chi connectivity index (χ0n) is 20.3. The van der Waals surface area contributed by atoms with Crippen LogP contribution in [0.25, 0.3) is 38.6 Å². The van der Waals surface area contributed by atoms with Crippen molar-refractivity contribution >= 4 is 33.5 Å². The number of hydrogen-bond acceptors (Lipinski definition) is 2. The quantitative estimate of drug-likeness (QED) is 0.276. The molecule has 37 heavy (non-hydrogen) atoms. The summed E-state index contributed by atoms with van der Waals surface area (Å²) in [5.41, 5.74) is 8.06. The van der Waals surface area contributed by atoms with Gasteiger partial charge >= 0.3 is 0 Å². The zero-order valence-corrected chi connectivity index (χ0v) is 20.3. The second-order valence-corrected chi connectivity index (χ2v) is 9.33. The highest BCUT2D eigenvalue weighted by atomic mass is 15.2. The van der Waals surface area contributed by atoms with Crippen LogP contribution in [0.15, 0.2) is 145 Å². The predicted molar refractivity (Wildman–Crippen MR) is 154 cm³/mol. The van der Waals surface area contributed by atoms with E-state index in [2.05, 4.69) is 137 Å². The molecule has 0 saturated heterocycles. The summed E-state index contributed by atoms with van der Waals surface area (Å²) in [6, 6.07) is 46.8. The Labute approximate surface area is 216 Å². The molecule has 0 amide bonds. The van der Waals surface area contributed by atoms with Gasteiger partial charge in [-0.15, -0.1) is 0 Å². The van der Waals surface area contributed by atoms with E-state index in [0.29, 0.717) is 0 Å². The summed E-state index contributed by atoms with van der Waals surface area (Å²) >= 11 is 0. The topological polar surface area (TPSA) is 29.3 Å². The third kappa shape index (κ3) is 3.82. The average molecular weight is 476 g/mol. The number of benzene rings is 5. The first-order chi connectivity index (χ1) is 18.3. The molecule has 0 saturated carbocycles. The van der Waals surface area contributed by atoms with Crippen LogP contribution < -0.4 is 5.32 Å². The van der Waals surface area contributed by atoms with Crippen LogP contribution in [0.4, 0.5) is 0 Å². The zero-order chi connectivity index (χ0) is 24.6. The number of hydrogen-bond donors (Lipinski definition) is 1. The molecule has 176 valence electrons. The molecule has 1 aliphatic rings. The summed E-state index contributed by atoms with van der Waals surface area (Å²) in [5.74, 6) is 0.828. The van der Waals surface area contributed by atoms with Crippen molar-refractivity contribution in [2.45, 2.75) is 6.04 Å². The molecule has 1 atom stereocenters. The fourth-order valence-corrected chi connectivity index (χ4v) is 5.25. The maximum absolute atomic E-state index is 5.24. The molecular formula is C34H25N3. The Morgan fingerprint density at radius 2 is 1.16 bits per heavy atom. The van der Waals surface area contributed by atoms with E-state index in [1.807, 2.05) is 12.1 Å². The first kappa shape index (κ1) is 21.4. The molecule has 0 radical (unpaired) electrons. The van der Waals surface area contributed by atoms with Crippen LogP contribution in [-0.2, 0) is 0 Å². The average Bonchev–Trinajstić information content (AvgIpc) is 3.32. The molecule has 5 aromatic carbocycles. The SMILES string of the molecule is C1=C(c2ccccc2)NC(n2c3ccccc3c3cc(-c4ccccc4)ccc32)=NC1c1ccccc1. The summed E-state index contributed by atoms with van der Waals surface area (Å²) in [4.78, 5) is 5.24. The maximum Gasteiger partial charge on any atom is 0.208 e. The highest BCUT2D eigenvalue weighted by Gasteiger charge is 2.22. The number of fused-ring (bicyclic) bond motifs is 3. The van der Waals surface area contributed by atoms with Gasteiger partial charge in [-0.2, -0.15) is 0 Å². The number of aliphatic imine (C=N–C) groups is 1. The minimum atomic E-state index is -0.0903. The summed E-state index contributed by atoms with van der Waals surface area (Å²) in [6.07, 6.45) is 2.22. The van der Waals surface area contributed by atoms with Crippen LogP contribution in [0.3, 0.4) is 0 Å². The van der Waals surface area contributed by atoms with E-state index in [9.17, 15) is 0 Å². The molecule has 0 aliphatic carbocycles. The van der Waals surface area contributed by atoms with Crippen molar-refractivity contribution in [3.05, 3.63) is 151 Å². The number of nitrogens with one attached hydrogen (secondary N) is 1. The van der Waals surface area contributed by atoms with Gasteiger partial charge in [0, 0.05) is 16.5 Å². The highest BCUT2D eigenvalue weighted by Crippen LogP contribution is 2.34. The van der Waals surface area contributed by atoms with Crippen LogP contribution in [0.1, 0.15) is 17.2 Å². The van der Waals surface area contributed by atoms with Crippen molar-refractivity contribution in [2.75, 3.05) is 0 Å². The third-order valence-electron chi connectivity index (χ3n) is 7.05. The lowest BCUT2D eigenvalue weighted by molar-refractivity contribution is 0.860. The van der Waals surface area contributed by atoms with Crippen LogP contribution in [0, 0.1) is 0 Å². The monoisotopic (exact) mass is 475 g/mol. The Kier molecular flexibility index (Phi) is 5.18. The summed E-state index contributed by atoms with van der Waals surface area (Å²) < 4.78 is 2.27. The third-order valence-corrected chi connectivity index (χ3v) is 7.05. The first-order valence-corrected chi connectivity index (χ1v) is 12.6. The van der Waals surface area contributed by atoms with Gasteiger partial charge in [0.05, 0.1) is 17.1 Å². The minimum Gasteiger partial charge on any atom is -0.325 e. The van der Waals surface area contributed by atoms with Crippen molar-refractivity contribution in [1.82, 2.24) is 9.88 Å². The van der Waals surface area contributed by atoms with E-state index in [1.165, 1.54) is 27.5 Å². The Balaban J connectivity index is 1.44. The van der Waals surface area contributed by atoms with Crippen molar-refractivity contribution in [3.63, 3.8) is 0 Å². The van der Waals surface area contributed by atoms with E-state index in [-0.39, 0.29) is 6.04 Å². The minimum absolute atomic E-state index is 0.0903. The maximum atomic E-state index is 5.24. The molecule has 1 unspecified atom stereocenters. The Hall–Kier alpha value is -4.89. The lowest BCUT2D eigenvalue weighted by Gasteiger charge is -2.24. The van der Waals surface area contributed by atoms with Crippen LogP contribution in [-0.4, -0.2) is 10.5 Å². The van der Waals surface area contributed by atoms with Gasteiger partial charge in [-0.1, -0.05) is 115 Å². The smallest absolute Gasteiger partial charge is 0.208 e. The van der Waals surface area contributed by atoms with Gasteiger partial charge in [0.25, 0.3) is 0 Å². The molecule has 0 spiro atoms. The normalized spacial score (nSPS) is 15.3. The van der Waals surface area contributed by atoms with Crippen molar-refractivity contribution in [2.24, 2.45) is 4.99 Å². The molecule has 1 N–H and O–H groups in total. The van der Waals surface area contributed by atoms with Gasteiger partial charge in [-0.25, -0.2) is 4.99 Å². The van der Waals surface area contributed by atoms with E-state index >= 15 is 0 Å². The molecule has 7 rings (SSSR count). The van der Waals surface area contributed by atoms with Gasteiger partial charge in [0.2, 0.25) is 5.96 Å². The number of para-hydroxylation sites is 1. The molecule has 1 aromatic heterocycles. The summed E-state index contributed by atoms with van der Waals surface area (Å²) in [6.45, 7) is 0. The summed E-state index contributed by atoms with van der Waals surface area (Å²) in [5, 5.41) is 6.11. The van der Waals surface area contributed by atoms with Gasteiger partial charge in [-0.05, 0) is 46.5 Å². The van der Waals surface area contributed by atoms with Gasteiger partial charge < -0.3 is 5.32 Å². The fourth-order valence-electron chi connectivity index (χ4n) is 5.25. The molecule has 0 fully saturated rings. The standard InChI is InChI=1S/C34H25N3/c1-4-12-24(13-5-1)27-20-21-33-29(22-27)28-18-10-11-19-32(28)37(33)34-35-30(25-14-6-2-7-15-25)23-31(36-34)26-16-8-3-9-17-26/h1-23,30H,(H,35,36). The second kappa shape index (κ2) is 8.96. The van der Waals surface area contributed by atoms with Crippen molar-refractivity contribution in [3.8, 4) is 11.1 Å². The van der Waals surface area contributed by atoms with Crippen LogP contribution in [0.2, 0.25) is 0 Å². The van der Waals surface area contributed by atoms with Crippen LogP contribution in [0.5, 0.6) is 0 Å². The van der Waals surface area contributed by atoms with Crippen LogP contribution >= 0.6 is 0 Å². The van der Waals surface area contributed by atoms with E-state index in [1.54, 1.807) is 0 Å². The Bertz CT molecular complexity index is 1780. The lowest BCUT2D eigenvalue weighted by Crippen LogP contribution is -2.32. The Morgan fingerprint density at radius 3 is 1.92 bits per heavy atom. The molecule has 6 aromatic rings. The number of aromatic nitrogens is 1. The van der Waals surface area contributed by atoms with Gasteiger partial charge in [0.15, 0.2) is 0 Å². The largest absolute Gasteiger partial charge is 0.325 e. The summed E-state index contributed by atoms with van der Waals surface area (Å²) in [7, 11) is 0. The second-order valence-electron chi connectivity index (χ2n) is 9.33. The fraction of sp³-hybridized carbons (Fsp3) is 0.0294. The van der Waals surface area contributed by atoms with Crippen molar-refractivity contribution in [1.29, 1.82) is 0 Å². The first-order valence-electron chi connectivity index (χ1n) is 12.6. The molecule has 0 bridgehead atoms. The van der Waals surface area contributed by atoms with E-state index < -0.39 is 0 Å². The van der Waals surface area contributed by atoms with E-state index in [4.69, 9.17) is 4.99 Å². The highest BCUT2D eigenvalue weighted by molar-refractivity contribution is 6.15. The lowest BCUT2D eigenvalue weighted by atomic mass is 10.0. The van der Waals surface area contributed by atoms with Crippen molar-refractivity contribution < 1.29 is 0 Å². The number of rotatable bonds is 3. The van der Waals surface area contributed by atoms with E-state index in [0.717, 1.165) is 28.3 Å². The Morgan fingerprint density at radius 1 is 0.541 bits per heavy atom.